The fourth-order valence-corrected chi connectivity index (χ4v) is 6.08. The van der Waals surface area contributed by atoms with Gasteiger partial charge in [-0.05, 0) is 78.9 Å². The molecule has 0 aromatic heterocycles. The second-order valence-corrected chi connectivity index (χ2v) is 11.7. The Morgan fingerprint density at radius 1 is 1.07 bits per heavy atom. The van der Waals surface area contributed by atoms with Crippen LogP contribution in [-0.4, -0.2) is 73.9 Å². The average Bonchev–Trinajstić information content (AvgIpc) is 3.42. The summed E-state index contributed by atoms with van der Waals surface area (Å²) in [4.78, 5) is 51.8. The molecule has 0 saturated carbocycles. The maximum Gasteiger partial charge on any atom is 0.323 e. The van der Waals surface area contributed by atoms with Crippen molar-refractivity contribution in [1.82, 2.24) is 20.4 Å². The van der Waals surface area contributed by atoms with Gasteiger partial charge in [-0.15, -0.1) is 0 Å². The van der Waals surface area contributed by atoms with Crippen LogP contribution in [0.5, 0.6) is 5.75 Å². The molecule has 1 unspecified atom stereocenters. The first-order valence-electron chi connectivity index (χ1n) is 14.9. The van der Waals surface area contributed by atoms with Crippen LogP contribution in [0.25, 0.3) is 22.3 Å². The molecule has 2 atom stereocenters. The highest BCUT2D eigenvalue weighted by Crippen LogP contribution is 2.38. The molecular weight excluding hydrogens is 577 g/mol. The summed E-state index contributed by atoms with van der Waals surface area (Å²) in [6.45, 7) is 4.73. The number of amides is 5. The average molecular weight is 616 g/mol. The van der Waals surface area contributed by atoms with E-state index in [0.29, 0.717) is 42.1 Å². The Hall–Kier alpha value is -4.77. The van der Waals surface area contributed by atoms with Crippen molar-refractivity contribution in [2.75, 3.05) is 39.6 Å². The summed E-state index contributed by atoms with van der Waals surface area (Å²) < 4.78 is 21.3. The van der Waals surface area contributed by atoms with E-state index in [0.717, 1.165) is 39.1 Å². The number of halogens is 1. The molecule has 0 bridgehead atoms. The van der Waals surface area contributed by atoms with Gasteiger partial charge in [0, 0.05) is 50.4 Å². The van der Waals surface area contributed by atoms with Gasteiger partial charge >= 0.3 is 6.03 Å². The molecule has 2 heterocycles. The van der Waals surface area contributed by atoms with Crippen molar-refractivity contribution in [1.29, 1.82) is 0 Å². The molecule has 2 aliphatic rings. The standard InChI is InChI=1S/C34H38FN5O5/c1-19-23(21-14-28(35)27(30(15-21)45-5)18-39(3)17-22-12-13-31(41)37-22)8-6-9-24(19)25-10-7-11-29(20(25)2)38-32(42)26-16-36-34(44)40(4)33(26)43/h6-11,14-15,22,26H,12-13,16-18H2,1-5H3,(H,36,44)(H,37,41)(H,38,42)/t22-,26?/m0/s1. The minimum Gasteiger partial charge on any atom is -0.496 e. The summed E-state index contributed by atoms with van der Waals surface area (Å²) >= 11 is 0. The van der Waals surface area contributed by atoms with E-state index in [1.807, 2.05) is 62.2 Å². The van der Waals surface area contributed by atoms with Crippen molar-refractivity contribution < 1.29 is 28.3 Å². The zero-order valence-electron chi connectivity index (χ0n) is 26.1. The van der Waals surface area contributed by atoms with Crippen molar-refractivity contribution in [3.05, 3.63) is 71.0 Å². The number of anilines is 1. The van der Waals surface area contributed by atoms with Crippen LogP contribution < -0.4 is 20.7 Å². The smallest absolute Gasteiger partial charge is 0.323 e. The molecule has 2 fully saturated rings. The fourth-order valence-electron chi connectivity index (χ4n) is 6.08. The van der Waals surface area contributed by atoms with Gasteiger partial charge in [-0.25, -0.2) is 9.18 Å². The van der Waals surface area contributed by atoms with Gasteiger partial charge in [0.2, 0.25) is 17.7 Å². The number of carbonyl (C=O) groups is 4. The maximum absolute atomic E-state index is 15.7. The van der Waals surface area contributed by atoms with E-state index in [-0.39, 0.29) is 24.3 Å². The lowest BCUT2D eigenvalue weighted by molar-refractivity contribution is -0.138. The number of nitrogens with zero attached hydrogens (tertiary/aromatic N) is 2. The number of benzene rings is 3. The van der Waals surface area contributed by atoms with E-state index in [1.54, 1.807) is 6.07 Å². The molecule has 10 nitrogen and oxygen atoms in total. The Kier molecular flexibility index (Phi) is 9.19. The highest BCUT2D eigenvalue weighted by molar-refractivity contribution is 6.12. The Morgan fingerprint density at radius 2 is 1.76 bits per heavy atom. The SMILES string of the molecule is COc1cc(-c2cccc(-c3cccc(NC(=O)C4CNC(=O)N(C)C4=O)c3C)c2C)cc(F)c1CN(C)C[C@@H]1CCC(=O)N1. The molecule has 45 heavy (non-hydrogen) atoms. The van der Waals surface area contributed by atoms with Crippen LogP contribution in [0.2, 0.25) is 0 Å². The summed E-state index contributed by atoms with van der Waals surface area (Å²) in [7, 11) is 4.76. The third-order valence-electron chi connectivity index (χ3n) is 8.65. The van der Waals surface area contributed by atoms with Crippen molar-refractivity contribution in [2.24, 2.45) is 5.92 Å². The van der Waals surface area contributed by atoms with Crippen molar-refractivity contribution in [2.45, 2.75) is 39.3 Å². The van der Waals surface area contributed by atoms with E-state index in [1.165, 1.54) is 20.2 Å². The number of nitrogens with one attached hydrogen (secondary N) is 3. The molecule has 5 amide bonds. The first kappa shape index (κ1) is 31.6. The lowest BCUT2D eigenvalue weighted by atomic mass is 9.90. The maximum atomic E-state index is 15.7. The van der Waals surface area contributed by atoms with Crippen molar-refractivity contribution in [3.63, 3.8) is 0 Å². The molecule has 2 saturated heterocycles. The highest BCUT2D eigenvalue weighted by Gasteiger charge is 2.36. The van der Waals surface area contributed by atoms with E-state index in [4.69, 9.17) is 4.74 Å². The molecule has 3 aromatic rings. The topological polar surface area (TPSA) is 120 Å². The molecule has 11 heteroatoms. The van der Waals surface area contributed by atoms with Crippen LogP contribution in [-0.2, 0) is 20.9 Å². The summed E-state index contributed by atoms with van der Waals surface area (Å²) in [6, 6.07) is 14.2. The molecular formula is C34H38FN5O5. The Bertz CT molecular complexity index is 1670. The monoisotopic (exact) mass is 615 g/mol. The fraction of sp³-hybridized carbons (Fsp3) is 0.353. The molecule has 0 spiro atoms. The lowest BCUT2D eigenvalue weighted by Gasteiger charge is -2.28. The van der Waals surface area contributed by atoms with Crippen LogP contribution in [0.1, 0.15) is 29.5 Å². The Labute approximate surface area is 261 Å². The van der Waals surface area contributed by atoms with Crippen molar-refractivity contribution >= 4 is 29.4 Å². The Balaban J connectivity index is 1.40. The quantitative estimate of drug-likeness (QED) is 0.310. The second-order valence-electron chi connectivity index (χ2n) is 11.7. The molecule has 0 aliphatic carbocycles. The van der Waals surface area contributed by atoms with E-state index in [9.17, 15) is 19.2 Å². The summed E-state index contributed by atoms with van der Waals surface area (Å²) in [5, 5.41) is 8.37. The molecule has 3 N–H and O–H groups in total. The van der Waals surface area contributed by atoms with Gasteiger partial charge in [0.1, 0.15) is 17.5 Å². The van der Waals surface area contributed by atoms with Crippen molar-refractivity contribution in [3.8, 4) is 28.0 Å². The summed E-state index contributed by atoms with van der Waals surface area (Å²) in [6.07, 6.45) is 1.28. The van der Waals surface area contributed by atoms with Gasteiger partial charge in [-0.3, -0.25) is 24.2 Å². The van der Waals surface area contributed by atoms with Gasteiger partial charge in [0.25, 0.3) is 0 Å². The molecule has 2 aliphatic heterocycles. The highest BCUT2D eigenvalue weighted by atomic mass is 19.1. The van der Waals surface area contributed by atoms with Gasteiger partial charge in [0.05, 0.1) is 7.11 Å². The van der Waals surface area contributed by atoms with Crippen LogP contribution in [0.4, 0.5) is 14.9 Å². The third kappa shape index (κ3) is 6.53. The van der Waals surface area contributed by atoms with Gasteiger partial charge in [0.15, 0.2) is 0 Å². The zero-order chi connectivity index (χ0) is 32.4. The number of hydrogen-bond donors (Lipinski definition) is 3. The van der Waals surface area contributed by atoms with E-state index < -0.39 is 23.8 Å². The number of urea groups is 1. The predicted octanol–water partition coefficient (Wildman–Crippen LogP) is 4.23. The number of ether oxygens (including phenoxy) is 1. The summed E-state index contributed by atoms with van der Waals surface area (Å²) in [5.41, 5.74) is 5.99. The van der Waals surface area contributed by atoms with E-state index >= 15 is 4.39 Å². The Morgan fingerprint density at radius 3 is 2.44 bits per heavy atom. The zero-order valence-corrected chi connectivity index (χ0v) is 26.1. The van der Waals surface area contributed by atoms with Crippen LogP contribution >= 0.6 is 0 Å². The van der Waals surface area contributed by atoms with Crippen LogP contribution in [0.15, 0.2) is 48.5 Å². The predicted molar refractivity (Wildman–Crippen MR) is 169 cm³/mol. The van der Waals surface area contributed by atoms with Crippen LogP contribution in [0, 0.1) is 25.6 Å². The molecule has 5 rings (SSSR count). The molecule has 3 aromatic carbocycles. The number of likely N-dealkylation sites (N-methyl/N-ethyl adjacent to an activating group) is 1. The first-order valence-corrected chi connectivity index (χ1v) is 14.9. The molecule has 0 radical (unpaired) electrons. The molecule has 236 valence electrons. The van der Waals surface area contributed by atoms with E-state index in [2.05, 4.69) is 16.0 Å². The largest absolute Gasteiger partial charge is 0.496 e. The number of carbonyl (C=O) groups excluding carboxylic acids is 4. The number of rotatable bonds is 9. The van der Waals surface area contributed by atoms with Gasteiger partial charge in [-0.2, -0.15) is 0 Å². The number of hydrogen-bond acceptors (Lipinski definition) is 6. The second kappa shape index (κ2) is 13.1. The van der Waals surface area contributed by atoms with Gasteiger partial charge in [-0.1, -0.05) is 30.3 Å². The lowest BCUT2D eigenvalue weighted by Crippen LogP contribution is -2.56. The van der Waals surface area contributed by atoms with Crippen LogP contribution in [0.3, 0.4) is 0 Å². The normalized spacial score (nSPS) is 18.2. The third-order valence-corrected chi connectivity index (χ3v) is 8.65. The minimum absolute atomic E-state index is 0.0473. The summed E-state index contributed by atoms with van der Waals surface area (Å²) in [5.74, 6) is -1.98. The number of imide groups is 1. The number of methoxy groups -OCH3 is 1. The first-order chi connectivity index (χ1) is 21.5. The minimum atomic E-state index is -1.03. The van der Waals surface area contributed by atoms with Gasteiger partial charge < -0.3 is 20.7 Å².